The molecule has 1 N–H and O–H groups in total. The predicted octanol–water partition coefficient (Wildman–Crippen LogP) is 5.30. The Hall–Kier alpha value is -2.10. The van der Waals surface area contributed by atoms with E-state index in [0.717, 1.165) is 12.8 Å². The topological polar surface area (TPSA) is 49.4 Å². The first-order valence-corrected chi connectivity index (χ1v) is 13.0. The van der Waals surface area contributed by atoms with E-state index in [1.54, 1.807) is 0 Å². The van der Waals surface area contributed by atoms with Crippen molar-refractivity contribution >= 4 is 11.8 Å². The smallest absolute Gasteiger partial charge is 0.246 e. The standard InChI is InChI=1S/C29H40N2O2/c1-19(20-8-6-5-7-9-20)18-26(32)30-24-12-11-22-21-10-13-25-29(3,17-15-27(33)31(25)4)23(21)14-16-28(22,24)2/h5-9,15,17,19,21-25H,10-14,16,18H2,1-4H3,(H,30,32)/t19?,21-,22-,23-,24?,25+,28-,29+/m0/s1. The first-order chi connectivity index (χ1) is 15.7. The highest BCUT2D eigenvalue weighted by Crippen LogP contribution is 2.63. The molecule has 3 aliphatic carbocycles. The van der Waals surface area contributed by atoms with E-state index in [2.05, 4.69) is 56.4 Å². The van der Waals surface area contributed by atoms with E-state index < -0.39 is 0 Å². The molecule has 4 aliphatic rings. The Labute approximate surface area is 199 Å². The molecule has 3 saturated carbocycles. The highest BCUT2D eigenvalue weighted by atomic mass is 16.2. The quantitative estimate of drug-likeness (QED) is 0.679. The van der Waals surface area contributed by atoms with Crippen molar-refractivity contribution in [3.8, 4) is 0 Å². The molecule has 0 radical (unpaired) electrons. The van der Waals surface area contributed by atoms with Gasteiger partial charge in [0.1, 0.15) is 0 Å². The fourth-order valence-electron chi connectivity index (χ4n) is 8.41. The summed E-state index contributed by atoms with van der Waals surface area (Å²) in [6.07, 6.45) is 11.6. The molecule has 1 heterocycles. The Balaban J connectivity index is 1.28. The monoisotopic (exact) mass is 448 g/mol. The maximum absolute atomic E-state index is 13.0. The van der Waals surface area contributed by atoms with Crippen LogP contribution in [-0.2, 0) is 9.59 Å². The molecule has 0 spiro atoms. The van der Waals surface area contributed by atoms with Crippen molar-refractivity contribution in [3.63, 3.8) is 0 Å². The molecule has 0 aromatic heterocycles. The van der Waals surface area contributed by atoms with Gasteiger partial charge in [-0.2, -0.15) is 0 Å². The van der Waals surface area contributed by atoms with E-state index in [0.29, 0.717) is 30.2 Å². The van der Waals surface area contributed by atoms with Crippen LogP contribution >= 0.6 is 0 Å². The minimum absolute atomic E-state index is 0.0827. The van der Waals surface area contributed by atoms with Crippen LogP contribution in [0.3, 0.4) is 0 Å². The van der Waals surface area contributed by atoms with Crippen LogP contribution in [0, 0.1) is 28.6 Å². The Bertz CT molecular complexity index is 942. The number of rotatable bonds is 4. The van der Waals surface area contributed by atoms with Crippen molar-refractivity contribution in [2.45, 2.75) is 83.7 Å². The summed E-state index contributed by atoms with van der Waals surface area (Å²) in [5.41, 5.74) is 1.51. The molecular formula is C29H40N2O2. The molecule has 3 fully saturated rings. The summed E-state index contributed by atoms with van der Waals surface area (Å²) in [6.45, 7) is 7.00. The van der Waals surface area contributed by atoms with Gasteiger partial charge in [-0.25, -0.2) is 0 Å². The Kier molecular flexibility index (Phi) is 5.69. The number of amides is 2. The summed E-state index contributed by atoms with van der Waals surface area (Å²) in [6, 6.07) is 11.0. The SMILES string of the molecule is CC(CC(=O)NC1CC[C@H]2[C@@H]3CC[C@H]4N(C)C(=O)C=C[C@]4(C)[C@H]3CC[C@]12C)c1ccccc1. The van der Waals surface area contributed by atoms with Crippen LogP contribution in [0.25, 0.3) is 0 Å². The van der Waals surface area contributed by atoms with Gasteiger partial charge in [0.2, 0.25) is 11.8 Å². The van der Waals surface area contributed by atoms with E-state index in [9.17, 15) is 9.59 Å². The highest BCUT2D eigenvalue weighted by molar-refractivity contribution is 5.89. The molecule has 1 aromatic rings. The lowest BCUT2D eigenvalue weighted by atomic mass is 9.48. The lowest BCUT2D eigenvalue weighted by Crippen LogP contribution is -2.60. The molecule has 178 valence electrons. The fraction of sp³-hybridized carbons (Fsp3) is 0.655. The zero-order valence-corrected chi connectivity index (χ0v) is 20.7. The third-order valence-electron chi connectivity index (χ3n) is 10.3. The van der Waals surface area contributed by atoms with Crippen LogP contribution in [0.1, 0.15) is 77.2 Å². The van der Waals surface area contributed by atoms with Crippen LogP contribution in [0.4, 0.5) is 0 Å². The molecule has 1 aromatic carbocycles. The minimum atomic E-state index is 0.0827. The van der Waals surface area contributed by atoms with Crippen LogP contribution < -0.4 is 5.32 Å². The van der Waals surface area contributed by atoms with Gasteiger partial charge in [0, 0.05) is 31.0 Å². The first-order valence-electron chi connectivity index (χ1n) is 13.0. The molecule has 33 heavy (non-hydrogen) atoms. The number of carbonyl (C=O) groups is 2. The summed E-state index contributed by atoms with van der Waals surface area (Å²) in [7, 11) is 1.99. The maximum atomic E-state index is 13.0. The maximum Gasteiger partial charge on any atom is 0.246 e. The Morgan fingerprint density at radius 2 is 1.85 bits per heavy atom. The van der Waals surface area contributed by atoms with E-state index in [4.69, 9.17) is 0 Å². The summed E-state index contributed by atoms with van der Waals surface area (Å²) in [5, 5.41) is 3.49. The van der Waals surface area contributed by atoms with Crippen molar-refractivity contribution in [2.75, 3.05) is 7.05 Å². The lowest BCUT2D eigenvalue weighted by Gasteiger charge is -2.60. The number of likely N-dealkylation sites (N-methyl/N-ethyl adjacent to an activating group) is 1. The second kappa shape index (κ2) is 8.29. The summed E-state index contributed by atoms with van der Waals surface area (Å²) >= 11 is 0. The van der Waals surface area contributed by atoms with E-state index >= 15 is 0 Å². The third kappa shape index (κ3) is 3.65. The molecule has 2 unspecified atom stereocenters. The number of hydrogen-bond donors (Lipinski definition) is 1. The second-order valence-corrected chi connectivity index (χ2v) is 11.9. The second-order valence-electron chi connectivity index (χ2n) is 11.9. The average molecular weight is 449 g/mol. The lowest BCUT2D eigenvalue weighted by molar-refractivity contribution is -0.138. The van der Waals surface area contributed by atoms with Crippen LogP contribution in [0.5, 0.6) is 0 Å². The van der Waals surface area contributed by atoms with Crippen LogP contribution in [-0.4, -0.2) is 35.8 Å². The third-order valence-corrected chi connectivity index (χ3v) is 10.3. The van der Waals surface area contributed by atoms with Crippen molar-refractivity contribution in [1.82, 2.24) is 10.2 Å². The number of carbonyl (C=O) groups excluding carboxylic acids is 2. The van der Waals surface area contributed by atoms with Gasteiger partial charge in [0.15, 0.2) is 0 Å². The van der Waals surface area contributed by atoms with Crippen molar-refractivity contribution < 1.29 is 9.59 Å². The van der Waals surface area contributed by atoms with Crippen molar-refractivity contribution in [2.24, 2.45) is 28.6 Å². The van der Waals surface area contributed by atoms with E-state index in [1.165, 1.54) is 31.2 Å². The van der Waals surface area contributed by atoms with E-state index in [1.807, 2.05) is 24.1 Å². The van der Waals surface area contributed by atoms with Gasteiger partial charge in [0.05, 0.1) is 0 Å². The molecular weight excluding hydrogens is 408 g/mol. The Morgan fingerprint density at radius 1 is 1.09 bits per heavy atom. The number of nitrogens with zero attached hydrogens (tertiary/aromatic N) is 1. The van der Waals surface area contributed by atoms with Gasteiger partial charge in [-0.3, -0.25) is 9.59 Å². The molecule has 4 nitrogen and oxygen atoms in total. The van der Waals surface area contributed by atoms with Gasteiger partial charge < -0.3 is 10.2 Å². The van der Waals surface area contributed by atoms with Gasteiger partial charge in [-0.15, -0.1) is 0 Å². The average Bonchev–Trinajstić information content (AvgIpc) is 3.13. The molecule has 4 heteroatoms. The molecule has 5 rings (SSSR count). The Morgan fingerprint density at radius 3 is 2.61 bits per heavy atom. The fourth-order valence-corrected chi connectivity index (χ4v) is 8.41. The summed E-state index contributed by atoms with van der Waals surface area (Å²) in [4.78, 5) is 27.3. The zero-order valence-electron chi connectivity index (χ0n) is 20.7. The zero-order chi connectivity index (χ0) is 23.4. The molecule has 8 atom stereocenters. The van der Waals surface area contributed by atoms with Crippen LogP contribution in [0.2, 0.25) is 0 Å². The molecule has 0 bridgehead atoms. The van der Waals surface area contributed by atoms with Gasteiger partial charge in [-0.05, 0) is 79.3 Å². The number of fused-ring (bicyclic) bond motifs is 5. The van der Waals surface area contributed by atoms with E-state index in [-0.39, 0.29) is 34.6 Å². The van der Waals surface area contributed by atoms with Gasteiger partial charge in [0.25, 0.3) is 0 Å². The largest absolute Gasteiger partial charge is 0.353 e. The predicted molar refractivity (Wildman–Crippen MR) is 131 cm³/mol. The number of benzene rings is 1. The first kappa shape index (κ1) is 22.7. The molecule has 2 amide bonds. The van der Waals surface area contributed by atoms with Crippen molar-refractivity contribution in [1.29, 1.82) is 0 Å². The number of hydrogen-bond acceptors (Lipinski definition) is 2. The summed E-state index contributed by atoms with van der Waals surface area (Å²) < 4.78 is 0. The highest BCUT2D eigenvalue weighted by Gasteiger charge is 2.60. The van der Waals surface area contributed by atoms with Gasteiger partial charge in [-0.1, -0.05) is 57.2 Å². The van der Waals surface area contributed by atoms with Crippen molar-refractivity contribution in [3.05, 3.63) is 48.0 Å². The summed E-state index contributed by atoms with van der Waals surface area (Å²) in [5.74, 6) is 2.59. The molecule has 1 aliphatic heterocycles. The van der Waals surface area contributed by atoms with Crippen LogP contribution in [0.15, 0.2) is 42.5 Å². The normalized spacial score (nSPS) is 40.5. The number of nitrogens with one attached hydrogen (secondary N) is 1. The molecule has 0 saturated heterocycles. The van der Waals surface area contributed by atoms with Gasteiger partial charge >= 0.3 is 0 Å². The minimum Gasteiger partial charge on any atom is -0.353 e.